The molecule has 1 heterocycles. The summed E-state index contributed by atoms with van der Waals surface area (Å²) in [5, 5.41) is 9.40. The predicted octanol–water partition coefficient (Wildman–Crippen LogP) is 1.04. The minimum absolute atomic E-state index is 0.0631. The minimum Gasteiger partial charge on any atom is -0.392 e. The highest BCUT2D eigenvalue weighted by molar-refractivity contribution is 8.00. The van der Waals surface area contributed by atoms with Gasteiger partial charge in [-0.2, -0.15) is 0 Å². The Labute approximate surface area is 92.9 Å². The van der Waals surface area contributed by atoms with E-state index in [0.717, 1.165) is 4.90 Å². The summed E-state index contributed by atoms with van der Waals surface area (Å²) in [4.78, 5) is 15.6. The molecular formula is C10H14N2O2S. The molecule has 82 valence electrons. The zero-order valence-corrected chi connectivity index (χ0v) is 9.49. The number of carbonyl (C=O) groups excluding carboxylic acids is 1. The number of hydrogen-bond acceptors (Lipinski definition) is 4. The van der Waals surface area contributed by atoms with Gasteiger partial charge in [0.05, 0.1) is 6.10 Å². The van der Waals surface area contributed by atoms with Gasteiger partial charge >= 0.3 is 0 Å². The Bertz CT molecular complexity index is 355. The van der Waals surface area contributed by atoms with E-state index >= 15 is 0 Å². The summed E-state index contributed by atoms with van der Waals surface area (Å²) in [6, 6.07) is 3.42. The summed E-state index contributed by atoms with van der Waals surface area (Å²) in [7, 11) is 0. The third kappa shape index (κ3) is 3.53. The average molecular weight is 226 g/mol. The number of nitrogens with zero attached hydrogens (tertiary/aromatic N) is 1. The molecule has 0 spiro atoms. The van der Waals surface area contributed by atoms with Gasteiger partial charge in [0.25, 0.3) is 5.91 Å². The summed E-state index contributed by atoms with van der Waals surface area (Å²) in [6.45, 7) is 3.65. The van der Waals surface area contributed by atoms with Gasteiger partial charge in [0.1, 0.15) is 5.69 Å². The molecule has 0 aliphatic carbocycles. The van der Waals surface area contributed by atoms with Crippen molar-refractivity contribution in [1.29, 1.82) is 0 Å². The second kappa shape index (κ2) is 5.14. The van der Waals surface area contributed by atoms with E-state index in [1.807, 2.05) is 6.92 Å². The maximum absolute atomic E-state index is 10.9. The maximum Gasteiger partial charge on any atom is 0.267 e. The fourth-order valence-corrected chi connectivity index (χ4v) is 1.88. The molecule has 2 atom stereocenters. The number of thioether (sulfide) groups is 1. The lowest BCUT2D eigenvalue weighted by atomic mass is 10.3. The molecule has 0 saturated carbocycles. The Morgan fingerprint density at radius 2 is 2.27 bits per heavy atom. The number of pyridine rings is 1. The summed E-state index contributed by atoms with van der Waals surface area (Å²) in [5.74, 6) is -0.540. The van der Waals surface area contributed by atoms with Gasteiger partial charge in [0, 0.05) is 16.3 Å². The Morgan fingerprint density at radius 3 is 2.80 bits per heavy atom. The normalized spacial score (nSPS) is 14.6. The third-order valence-corrected chi connectivity index (χ3v) is 3.28. The van der Waals surface area contributed by atoms with Crippen molar-refractivity contribution in [2.75, 3.05) is 0 Å². The number of aromatic nitrogens is 1. The first-order chi connectivity index (χ1) is 7.00. The second-order valence-corrected chi connectivity index (χ2v) is 4.76. The molecule has 1 amide bonds. The monoisotopic (exact) mass is 226 g/mol. The average Bonchev–Trinajstić information content (AvgIpc) is 2.18. The first-order valence-electron chi connectivity index (χ1n) is 4.61. The van der Waals surface area contributed by atoms with Crippen LogP contribution in [0.3, 0.4) is 0 Å². The van der Waals surface area contributed by atoms with E-state index in [1.165, 1.54) is 18.0 Å². The van der Waals surface area contributed by atoms with Crippen LogP contribution < -0.4 is 5.73 Å². The van der Waals surface area contributed by atoms with Crippen molar-refractivity contribution in [3.63, 3.8) is 0 Å². The van der Waals surface area contributed by atoms with E-state index in [2.05, 4.69) is 4.98 Å². The Hall–Kier alpha value is -1.07. The van der Waals surface area contributed by atoms with Gasteiger partial charge in [-0.1, -0.05) is 6.92 Å². The van der Waals surface area contributed by atoms with Crippen LogP contribution in [0.25, 0.3) is 0 Å². The van der Waals surface area contributed by atoms with Gasteiger partial charge in [-0.15, -0.1) is 11.8 Å². The topological polar surface area (TPSA) is 76.2 Å². The van der Waals surface area contributed by atoms with Crippen LogP contribution in [0.5, 0.6) is 0 Å². The fourth-order valence-electron chi connectivity index (χ4n) is 0.932. The number of primary amides is 1. The fraction of sp³-hybridized carbons (Fsp3) is 0.400. The van der Waals surface area contributed by atoms with Crippen LogP contribution in [-0.2, 0) is 0 Å². The van der Waals surface area contributed by atoms with Crippen molar-refractivity contribution in [2.45, 2.75) is 30.1 Å². The molecule has 0 aliphatic rings. The van der Waals surface area contributed by atoms with Gasteiger partial charge in [0.2, 0.25) is 0 Å². The Balaban J connectivity index is 2.78. The smallest absolute Gasteiger partial charge is 0.267 e. The zero-order valence-electron chi connectivity index (χ0n) is 8.68. The summed E-state index contributed by atoms with van der Waals surface area (Å²) in [5.41, 5.74) is 5.36. The molecule has 3 N–H and O–H groups in total. The predicted molar refractivity (Wildman–Crippen MR) is 59.8 cm³/mol. The van der Waals surface area contributed by atoms with Gasteiger partial charge in [-0.05, 0) is 19.1 Å². The number of hydrogen-bond donors (Lipinski definition) is 2. The molecule has 1 aromatic rings. The largest absolute Gasteiger partial charge is 0.392 e. The third-order valence-electron chi connectivity index (χ3n) is 1.99. The highest BCUT2D eigenvalue weighted by atomic mass is 32.2. The molecule has 1 aromatic heterocycles. The quantitative estimate of drug-likeness (QED) is 0.752. The molecule has 0 fully saturated rings. The highest BCUT2D eigenvalue weighted by Gasteiger charge is 2.11. The van der Waals surface area contributed by atoms with E-state index in [4.69, 9.17) is 5.73 Å². The molecule has 0 aromatic carbocycles. The first kappa shape index (κ1) is 12.0. The van der Waals surface area contributed by atoms with Crippen LogP contribution in [0.15, 0.2) is 23.2 Å². The standard InChI is InChI=1S/C10H14N2O2S/c1-6(13)7(2)15-8-3-4-12-9(5-8)10(11)14/h3-7,13H,1-2H3,(H2,11,14). The number of amides is 1. The van der Waals surface area contributed by atoms with Crippen molar-refractivity contribution in [1.82, 2.24) is 4.98 Å². The lowest BCUT2D eigenvalue weighted by molar-refractivity contribution is 0.0995. The minimum atomic E-state index is -0.540. The van der Waals surface area contributed by atoms with E-state index in [0.29, 0.717) is 0 Å². The molecule has 15 heavy (non-hydrogen) atoms. The van der Waals surface area contributed by atoms with Crippen LogP contribution in [-0.4, -0.2) is 27.4 Å². The lowest BCUT2D eigenvalue weighted by Gasteiger charge is -2.13. The molecule has 4 nitrogen and oxygen atoms in total. The van der Waals surface area contributed by atoms with Crippen molar-refractivity contribution >= 4 is 17.7 Å². The van der Waals surface area contributed by atoms with Gasteiger partial charge in [-0.25, -0.2) is 0 Å². The molecule has 0 bridgehead atoms. The number of nitrogens with two attached hydrogens (primary N) is 1. The molecule has 0 radical (unpaired) electrons. The molecule has 0 aliphatic heterocycles. The Morgan fingerprint density at radius 1 is 1.60 bits per heavy atom. The van der Waals surface area contributed by atoms with E-state index in [-0.39, 0.29) is 10.9 Å². The first-order valence-corrected chi connectivity index (χ1v) is 5.49. The van der Waals surface area contributed by atoms with Crippen molar-refractivity contribution in [2.24, 2.45) is 5.73 Å². The van der Waals surface area contributed by atoms with E-state index in [9.17, 15) is 9.90 Å². The summed E-state index contributed by atoms with van der Waals surface area (Å²) in [6.07, 6.45) is 1.14. The molecule has 2 unspecified atom stereocenters. The van der Waals surface area contributed by atoms with Crippen LogP contribution >= 0.6 is 11.8 Å². The number of carbonyl (C=O) groups is 1. The van der Waals surface area contributed by atoms with Crippen LogP contribution in [0.1, 0.15) is 24.3 Å². The van der Waals surface area contributed by atoms with Crippen LogP contribution in [0.2, 0.25) is 0 Å². The van der Waals surface area contributed by atoms with E-state index < -0.39 is 12.0 Å². The molecule has 0 saturated heterocycles. The molecule has 1 rings (SSSR count). The summed E-state index contributed by atoms with van der Waals surface area (Å²) < 4.78 is 0. The van der Waals surface area contributed by atoms with Gasteiger partial charge in [0.15, 0.2) is 0 Å². The van der Waals surface area contributed by atoms with Gasteiger partial charge < -0.3 is 10.8 Å². The SMILES string of the molecule is CC(O)C(C)Sc1ccnc(C(N)=O)c1. The van der Waals surface area contributed by atoms with Crippen molar-refractivity contribution < 1.29 is 9.90 Å². The van der Waals surface area contributed by atoms with Gasteiger partial charge in [-0.3, -0.25) is 9.78 Å². The maximum atomic E-state index is 10.9. The van der Waals surface area contributed by atoms with Crippen molar-refractivity contribution in [3.8, 4) is 0 Å². The summed E-state index contributed by atoms with van der Waals surface area (Å²) >= 11 is 1.49. The number of aliphatic hydroxyl groups excluding tert-OH is 1. The van der Waals surface area contributed by atoms with Crippen molar-refractivity contribution in [3.05, 3.63) is 24.0 Å². The Kier molecular flexibility index (Phi) is 4.11. The number of rotatable bonds is 4. The molecule has 5 heteroatoms. The highest BCUT2D eigenvalue weighted by Crippen LogP contribution is 2.25. The van der Waals surface area contributed by atoms with Crippen LogP contribution in [0, 0.1) is 0 Å². The zero-order chi connectivity index (χ0) is 11.4. The lowest BCUT2D eigenvalue weighted by Crippen LogP contribution is -2.15. The second-order valence-electron chi connectivity index (χ2n) is 3.30. The van der Waals surface area contributed by atoms with Crippen LogP contribution in [0.4, 0.5) is 0 Å². The van der Waals surface area contributed by atoms with E-state index in [1.54, 1.807) is 19.1 Å². The molecular weight excluding hydrogens is 212 g/mol. The number of aliphatic hydroxyl groups is 1.